The number of benzene rings is 1. The topological polar surface area (TPSA) is 83.4 Å². The van der Waals surface area contributed by atoms with Crippen molar-refractivity contribution in [3.63, 3.8) is 0 Å². The van der Waals surface area contributed by atoms with Crippen molar-refractivity contribution in [3.8, 4) is 5.75 Å². The van der Waals surface area contributed by atoms with Crippen LogP contribution in [0.5, 0.6) is 5.75 Å². The standard InChI is InChI=1S/C20H24N4O3/c1-2-27-16-5-6-18-14(11-16)3-4-15(21-18)12-23-8-7-17-19(13-23)22-24(9-10-25)20(17)26/h3-6,11,22,25H,2,7-10,12-13H2,1H3. The molecule has 0 bridgehead atoms. The van der Waals surface area contributed by atoms with Gasteiger partial charge in [-0.15, -0.1) is 0 Å². The van der Waals surface area contributed by atoms with Gasteiger partial charge < -0.3 is 9.84 Å². The molecule has 27 heavy (non-hydrogen) atoms. The molecule has 2 aromatic heterocycles. The number of ether oxygens (including phenoxy) is 1. The van der Waals surface area contributed by atoms with Crippen molar-refractivity contribution in [2.75, 3.05) is 19.8 Å². The van der Waals surface area contributed by atoms with Crippen molar-refractivity contribution < 1.29 is 9.84 Å². The first-order valence-electron chi connectivity index (χ1n) is 9.34. The maximum absolute atomic E-state index is 12.3. The van der Waals surface area contributed by atoms with Gasteiger partial charge in [-0.1, -0.05) is 6.07 Å². The van der Waals surface area contributed by atoms with E-state index in [-0.39, 0.29) is 12.2 Å². The maximum Gasteiger partial charge on any atom is 0.270 e. The molecule has 0 atom stereocenters. The summed E-state index contributed by atoms with van der Waals surface area (Å²) >= 11 is 0. The van der Waals surface area contributed by atoms with Crippen LogP contribution in [0.25, 0.3) is 10.9 Å². The summed E-state index contributed by atoms with van der Waals surface area (Å²) in [5.74, 6) is 0.861. The van der Waals surface area contributed by atoms with Crippen molar-refractivity contribution in [2.45, 2.75) is 33.0 Å². The number of fused-ring (bicyclic) bond motifs is 2. The summed E-state index contributed by atoms with van der Waals surface area (Å²) in [6.45, 7) is 5.12. The number of nitrogens with zero attached hydrogens (tertiary/aromatic N) is 3. The molecule has 2 N–H and O–H groups in total. The van der Waals surface area contributed by atoms with E-state index in [1.54, 1.807) is 0 Å². The van der Waals surface area contributed by atoms with Crippen LogP contribution in [-0.4, -0.2) is 44.5 Å². The molecule has 0 fully saturated rings. The first-order valence-corrected chi connectivity index (χ1v) is 9.34. The average Bonchev–Trinajstić information content (AvgIpc) is 2.97. The quantitative estimate of drug-likeness (QED) is 0.692. The Morgan fingerprint density at radius 3 is 3.00 bits per heavy atom. The van der Waals surface area contributed by atoms with Crippen molar-refractivity contribution >= 4 is 10.9 Å². The Morgan fingerprint density at radius 2 is 2.19 bits per heavy atom. The lowest BCUT2D eigenvalue weighted by molar-refractivity contribution is 0.238. The third-order valence-corrected chi connectivity index (χ3v) is 4.94. The molecule has 3 aromatic rings. The van der Waals surface area contributed by atoms with Crippen LogP contribution >= 0.6 is 0 Å². The van der Waals surface area contributed by atoms with Gasteiger partial charge in [0.25, 0.3) is 5.56 Å². The first kappa shape index (κ1) is 17.8. The predicted octanol–water partition coefficient (Wildman–Crippen LogP) is 1.67. The average molecular weight is 368 g/mol. The maximum atomic E-state index is 12.3. The van der Waals surface area contributed by atoms with Crippen LogP contribution < -0.4 is 10.3 Å². The zero-order valence-electron chi connectivity index (χ0n) is 15.4. The zero-order valence-corrected chi connectivity index (χ0v) is 15.4. The number of rotatable bonds is 6. The summed E-state index contributed by atoms with van der Waals surface area (Å²) < 4.78 is 7.04. The molecule has 0 amide bonds. The Balaban J connectivity index is 1.50. The number of H-pyrrole nitrogens is 1. The van der Waals surface area contributed by atoms with Gasteiger partial charge in [-0.05, 0) is 37.6 Å². The molecule has 1 aliphatic heterocycles. The second kappa shape index (κ2) is 7.54. The van der Waals surface area contributed by atoms with Crippen molar-refractivity contribution in [2.24, 2.45) is 0 Å². The molecule has 7 nitrogen and oxygen atoms in total. The lowest BCUT2D eigenvalue weighted by Gasteiger charge is -2.25. The highest BCUT2D eigenvalue weighted by molar-refractivity contribution is 5.80. The molecule has 0 saturated carbocycles. The van der Waals surface area contributed by atoms with Crippen LogP contribution in [0.2, 0.25) is 0 Å². The molecular formula is C20H24N4O3. The molecule has 1 aliphatic rings. The van der Waals surface area contributed by atoms with Gasteiger partial charge in [0.05, 0.1) is 36.7 Å². The zero-order chi connectivity index (χ0) is 18.8. The van der Waals surface area contributed by atoms with E-state index < -0.39 is 0 Å². The highest BCUT2D eigenvalue weighted by atomic mass is 16.5. The number of aliphatic hydroxyl groups excluding tert-OH is 1. The number of aromatic amines is 1. The van der Waals surface area contributed by atoms with Gasteiger partial charge in [0, 0.05) is 30.6 Å². The molecule has 0 aliphatic carbocycles. The molecule has 1 aromatic carbocycles. The minimum absolute atomic E-state index is 0.00682. The van der Waals surface area contributed by atoms with Crippen molar-refractivity contribution in [3.05, 3.63) is 57.6 Å². The van der Waals surface area contributed by atoms with Gasteiger partial charge in [-0.3, -0.25) is 24.5 Å². The fourth-order valence-electron chi connectivity index (χ4n) is 3.65. The number of hydrogen-bond acceptors (Lipinski definition) is 5. The van der Waals surface area contributed by atoms with E-state index in [2.05, 4.69) is 16.1 Å². The summed E-state index contributed by atoms with van der Waals surface area (Å²) in [5, 5.41) is 13.3. The molecule has 0 radical (unpaired) electrons. The van der Waals surface area contributed by atoms with E-state index in [9.17, 15) is 4.79 Å². The Hall–Kier alpha value is -2.64. The highest BCUT2D eigenvalue weighted by Crippen LogP contribution is 2.21. The normalized spacial score (nSPS) is 14.4. The number of aliphatic hydroxyl groups is 1. The van der Waals surface area contributed by atoms with Gasteiger partial charge in [-0.25, -0.2) is 0 Å². The van der Waals surface area contributed by atoms with E-state index in [1.165, 1.54) is 4.68 Å². The molecule has 142 valence electrons. The fourth-order valence-corrected chi connectivity index (χ4v) is 3.65. The van der Waals surface area contributed by atoms with Crippen LogP contribution in [0, 0.1) is 0 Å². The lowest BCUT2D eigenvalue weighted by atomic mass is 10.1. The Bertz CT molecular complexity index is 1010. The van der Waals surface area contributed by atoms with E-state index in [4.69, 9.17) is 14.8 Å². The first-order chi connectivity index (χ1) is 13.2. The van der Waals surface area contributed by atoms with Crippen LogP contribution in [0.1, 0.15) is 23.9 Å². The van der Waals surface area contributed by atoms with Crippen molar-refractivity contribution in [1.82, 2.24) is 19.7 Å². The van der Waals surface area contributed by atoms with Gasteiger partial charge in [-0.2, -0.15) is 0 Å². The fraction of sp³-hybridized carbons (Fsp3) is 0.400. The number of hydrogen-bond donors (Lipinski definition) is 2. The van der Waals surface area contributed by atoms with Crippen LogP contribution in [0.3, 0.4) is 0 Å². The molecule has 7 heteroatoms. The monoisotopic (exact) mass is 368 g/mol. The largest absolute Gasteiger partial charge is 0.494 e. The number of pyridine rings is 1. The van der Waals surface area contributed by atoms with Crippen LogP contribution in [-0.2, 0) is 26.1 Å². The Morgan fingerprint density at radius 1 is 1.30 bits per heavy atom. The Labute approximate surface area is 157 Å². The molecule has 4 rings (SSSR count). The van der Waals surface area contributed by atoms with E-state index in [0.29, 0.717) is 26.1 Å². The smallest absolute Gasteiger partial charge is 0.270 e. The third-order valence-electron chi connectivity index (χ3n) is 4.94. The molecule has 3 heterocycles. The van der Waals surface area contributed by atoms with Crippen molar-refractivity contribution in [1.29, 1.82) is 0 Å². The summed E-state index contributed by atoms with van der Waals surface area (Å²) in [6, 6.07) is 10.1. The van der Waals surface area contributed by atoms with E-state index >= 15 is 0 Å². The summed E-state index contributed by atoms with van der Waals surface area (Å²) in [7, 11) is 0. The van der Waals surface area contributed by atoms with E-state index in [1.807, 2.05) is 31.2 Å². The van der Waals surface area contributed by atoms with Gasteiger partial charge in [0.2, 0.25) is 0 Å². The predicted molar refractivity (Wildman–Crippen MR) is 103 cm³/mol. The van der Waals surface area contributed by atoms with Gasteiger partial charge in [0.15, 0.2) is 0 Å². The SMILES string of the molecule is CCOc1ccc2nc(CN3CCc4c([nH]n(CCO)c4=O)C3)ccc2c1. The highest BCUT2D eigenvalue weighted by Gasteiger charge is 2.22. The molecule has 0 spiro atoms. The second-order valence-corrected chi connectivity index (χ2v) is 6.80. The second-order valence-electron chi connectivity index (χ2n) is 6.80. The summed E-state index contributed by atoms with van der Waals surface area (Å²) in [4.78, 5) is 19.3. The number of nitrogens with one attached hydrogen (secondary N) is 1. The van der Waals surface area contributed by atoms with Gasteiger partial charge in [0.1, 0.15) is 5.75 Å². The van der Waals surface area contributed by atoms with Crippen LogP contribution in [0.15, 0.2) is 35.1 Å². The summed E-state index contributed by atoms with van der Waals surface area (Å²) in [5.41, 5.74) is 3.74. The molecular weight excluding hydrogens is 344 g/mol. The minimum atomic E-state index is -0.0466. The third kappa shape index (κ3) is 3.61. The molecule has 0 saturated heterocycles. The van der Waals surface area contributed by atoms with E-state index in [0.717, 1.165) is 46.7 Å². The summed E-state index contributed by atoms with van der Waals surface area (Å²) in [6.07, 6.45) is 0.717. The molecule has 0 unspecified atom stereocenters. The lowest BCUT2D eigenvalue weighted by Crippen LogP contribution is -2.32. The Kier molecular flexibility index (Phi) is 4.96. The van der Waals surface area contributed by atoms with Crippen LogP contribution in [0.4, 0.5) is 0 Å². The van der Waals surface area contributed by atoms with Gasteiger partial charge >= 0.3 is 0 Å². The minimum Gasteiger partial charge on any atom is -0.494 e. The number of aromatic nitrogens is 3.